The van der Waals surface area contributed by atoms with Gasteiger partial charge in [-0.1, -0.05) is 18.2 Å². The van der Waals surface area contributed by atoms with Crippen molar-refractivity contribution in [3.05, 3.63) is 30.3 Å². The first-order chi connectivity index (χ1) is 11.9. The molecule has 0 bridgehead atoms. The fraction of sp³-hybridized carbons (Fsp3) is 0.467. The zero-order valence-electron chi connectivity index (χ0n) is 13.5. The zero-order valence-corrected chi connectivity index (χ0v) is 13.5. The molecule has 1 aliphatic heterocycles. The Kier molecular flexibility index (Phi) is 6.67. The van der Waals surface area contributed by atoms with E-state index in [0.717, 1.165) is 0 Å². The summed E-state index contributed by atoms with van der Waals surface area (Å²) >= 11 is 0. The Morgan fingerprint density at radius 3 is 2.48 bits per heavy atom. The molecule has 0 radical (unpaired) electrons. The monoisotopic (exact) mass is 355 g/mol. The van der Waals surface area contributed by atoms with Crippen LogP contribution in [0.15, 0.2) is 30.3 Å². The van der Waals surface area contributed by atoms with Crippen molar-refractivity contribution in [1.29, 1.82) is 0 Å². The molecule has 1 aromatic carbocycles. The standard InChI is InChI=1S/C15H21N3O7/c1-8(20)16-11-13(22)12(21)10(7-19)24-14(11)18-25-15(23)17-9-5-3-2-4-6-9/h2-6,10-14,18-19,21-22H,7H2,1H3,(H,16,20)(H,17,23)/t10-,11-,12+,13-,14?/m1/s1. The third-order valence-corrected chi connectivity index (χ3v) is 3.58. The van der Waals surface area contributed by atoms with Gasteiger partial charge in [-0.3, -0.25) is 10.1 Å². The van der Waals surface area contributed by atoms with Gasteiger partial charge in [0.15, 0.2) is 6.23 Å². The number of hydroxylamine groups is 1. The predicted molar refractivity (Wildman–Crippen MR) is 85.0 cm³/mol. The quantitative estimate of drug-likeness (QED) is 0.356. The Balaban J connectivity index is 1.98. The molecule has 0 spiro atoms. The van der Waals surface area contributed by atoms with E-state index in [4.69, 9.17) is 9.57 Å². The number of carbonyl (C=O) groups is 2. The number of para-hydroxylation sites is 1. The van der Waals surface area contributed by atoms with E-state index >= 15 is 0 Å². The molecule has 1 heterocycles. The topological polar surface area (TPSA) is 149 Å². The Labute approximate surface area is 143 Å². The van der Waals surface area contributed by atoms with Gasteiger partial charge >= 0.3 is 6.09 Å². The van der Waals surface area contributed by atoms with Crippen molar-refractivity contribution >= 4 is 17.7 Å². The summed E-state index contributed by atoms with van der Waals surface area (Å²) in [7, 11) is 0. The summed E-state index contributed by atoms with van der Waals surface area (Å²) in [5.74, 6) is -0.483. The molecule has 10 nitrogen and oxygen atoms in total. The van der Waals surface area contributed by atoms with Gasteiger partial charge in [-0.2, -0.15) is 0 Å². The van der Waals surface area contributed by atoms with Crippen LogP contribution in [-0.4, -0.2) is 64.5 Å². The van der Waals surface area contributed by atoms with E-state index in [2.05, 4.69) is 16.1 Å². The minimum atomic E-state index is -1.44. The van der Waals surface area contributed by atoms with E-state index < -0.39 is 49.2 Å². The Morgan fingerprint density at radius 2 is 1.88 bits per heavy atom. The molecule has 2 amide bonds. The number of aliphatic hydroxyl groups excluding tert-OH is 3. The summed E-state index contributed by atoms with van der Waals surface area (Å²) in [5, 5.41) is 34.0. The summed E-state index contributed by atoms with van der Waals surface area (Å²) in [5.41, 5.74) is 2.78. The lowest BCUT2D eigenvalue weighted by molar-refractivity contribution is -0.221. The molecule has 1 aliphatic rings. The molecule has 0 aliphatic carbocycles. The third-order valence-electron chi connectivity index (χ3n) is 3.58. The molecule has 1 aromatic rings. The van der Waals surface area contributed by atoms with Gasteiger partial charge in [0, 0.05) is 12.6 Å². The van der Waals surface area contributed by atoms with E-state index in [1.165, 1.54) is 6.92 Å². The van der Waals surface area contributed by atoms with Gasteiger partial charge < -0.3 is 30.2 Å². The number of carbonyl (C=O) groups excluding carboxylic acids is 2. The lowest BCUT2D eigenvalue weighted by atomic mass is 9.96. The summed E-state index contributed by atoms with van der Waals surface area (Å²) in [4.78, 5) is 27.9. The van der Waals surface area contributed by atoms with Crippen molar-refractivity contribution in [2.24, 2.45) is 0 Å². The summed E-state index contributed by atoms with van der Waals surface area (Å²) < 4.78 is 5.34. The minimum absolute atomic E-state index is 0.483. The molecule has 25 heavy (non-hydrogen) atoms. The predicted octanol–water partition coefficient (Wildman–Crippen LogP) is -1.32. The van der Waals surface area contributed by atoms with Crippen LogP contribution < -0.4 is 16.1 Å². The third kappa shape index (κ3) is 5.11. The van der Waals surface area contributed by atoms with Crippen molar-refractivity contribution < 1.29 is 34.5 Å². The lowest BCUT2D eigenvalue weighted by Gasteiger charge is -2.42. The van der Waals surface area contributed by atoms with Gasteiger partial charge in [0.25, 0.3) is 0 Å². The lowest BCUT2D eigenvalue weighted by Crippen LogP contribution is -2.67. The number of benzene rings is 1. The highest BCUT2D eigenvalue weighted by Crippen LogP contribution is 2.20. The number of ether oxygens (including phenoxy) is 1. The van der Waals surface area contributed by atoms with Gasteiger partial charge in [0.2, 0.25) is 5.91 Å². The largest absolute Gasteiger partial charge is 0.430 e. The summed E-state index contributed by atoms with van der Waals surface area (Å²) in [6.45, 7) is 0.649. The van der Waals surface area contributed by atoms with Crippen LogP contribution in [0.2, 0.25) is 0 Å². The Morgan fingerprint density at radius 1 is 1.20 bits per heavy atom. The molecule has 6 N–H and O–H groups in total. The van der Waals surface area contributed by atoms with Crippen LogP contribution in [0.25, 0.3) is 0 Å². The molecule has 1 saturated heterocycles. The molecule has 2 rings (SSSR count). The number of nitrogens with one attached hydrogen (secondary N) is 3. The molecule has 0 saturated carbocycles. The van der Waals surface area contributed by atoms with Gasteiger partial charge in [-0.25, -0.2) is 4.79 Å². The Bertz CT molecular complexity index is 586. The van der Waals surface area contributed by atoms with Crippen molar-refractivity contribution in [2.45, 2.75) is 37.5 Å². The van der Waals surface area contributed by atoms with E-state index in [1.807, 2.05) is 0 Å². The van der Waals surface area contributed by atoms with Crippen LogP contribution in [0.1, 0.15) is 6.92 Å². The molecule has 0 aromatic heterocycles. The normalized spacial score (nSPS) is 28.9. The molecular weight excluding hydrogens is 334 g/mol. The highest BCUT2D eigenvalue weighted by molar-refractivity contribution is 5.84. The van der Waals surface area contributed by atoms with Crippen LogP contribution in [0, 0.1) is 0 Å². The highest BCUT2D eigenvalue weighted by atomic mass is 16.7. The number of aliphatic hydroxyl groups is 3. The first kappa shape index (κ1) is 19.1. The average molecular weight is 355 g/mol. The fourth-order valence-corrected chi connectivity index (χ4v) is 2.39. The SMILES string of the molecule is CC(=O)N[C@H]1C(NOC(=O)Nc2ccccc2)O[C@H](CO)[C@H](O)[C@@H]1O. The van der Waals surface area contributed by atoms with E-state index in [-0.39, 0.29) is 0 Å². The van der Waals surface area contributed by atoms with E-state index in [0.29, 0.717) is 5.69 Å². The molecular formula is C15H21N3O7. The molecule has 5 atom stereocenters. The maximum Gasteiger partial charge on any atom is 0.430 e. The summed E-state index contributed by atoms with van der Waals surface area (Å²) in [6, 6.07) is 7.44. The number of hydrogen-bond acceptors (Lipinski definition) is 8. The second-order valence-corrected chi connectivity index (χ2v) is 5.48. The first-order valence-corrected chi connectivity index (χ1v) is 7.60. The molecule has 1 unspecified atom stereocenters. The van der Waals surface area contributed by atoms with Crippen molar-refractivity contribution in [3.63, 3.8) is 0 Å². The Hall–Kier alpha value is -2.24. The van der Waals surface area contributed by atoms with E-state index in [9.17, 15) is 24.9 Å². The van der Waals surface area contributed by atoms with Gasteiger partial charge in [0.1, 0.15) is 18.3 Å². The van der Waals surface area contributed by atoms with Gasteiger partial charge in [-0.15, -0.1) is 5.48 Å². The summed E-state index contributed by atoms with van der Waals surface area (Å²) in [6.07, 6.45) is -6.00. The number of rotatable bonds is 5. The van der Waals surface area contributed by atoms with Crippen LogP contribution >= 0.6 is 0 Å². The number of anilines is 1. The van der Waals surface area contributed by atoms with Gasteiger partial charge in [0.05, 0.1) is 12.6 Å². The first-order valence-electron chi connectivity index (χ1n) is 7.60. The highest BCUT2D eigenvalue weighted by Gasteiger charge is 2.45. The van der Waals surface area contributed by atoms with Crippen LogP contribution in [-0.2, 0) is 14.4 Å². The smallest absolute Gasteiger partial charge is 0.394 e. The number of hydrogen-bond donors (Lipinski definition) is 6. The van der Waals surface area contributed by atoms with Gasteiger partial charge in [-0.05, 0) is 12.1 Å². The van der Waals surface area contributed by atoms with Crippen LogP contribution in [0.4, 0.5) is 10.5 Å². The number of amides is 2. The van der Waals surface area contributed by atoms with Crippen molar-refractivity contribution in [2.75, 3.05) is 11.9 Å². The van der Waals surface area contributed by atoms with Crippen molar-refractivity contribution in [1.82, 2.24) is 10.8 Å². The maximum absolute atomic E-state index is 11.8. The minimum Gasteiger partial charge on any atom is -0.394 e. The van der Waals surface area contributed by atoms with Crippen LogP contribution in [0.5, 0.6) is 0 Å². The molecule has 138 valence electrons. The van der Waals surface area contributed by atoms with Crippen LogP contribution in [0.3, 0.4) is 0 Å². The fourth-order valence-electron chi connectivity index (χ4n) is 2.39. The maximum atomic E-state index is 11.8. The molecule has 10 heteroatoms. The zero-order chi connectivity index (χ0) is 18.4. The molecule has 1 fully saturated rings. The van der Waals surface area contributed by atoms with E-state index in [1.54, 1.807) is 30.3 Å². The average Bonchev–Trinajstić information content (AvgIpc) is 2.59. The van der Waals surface area contributed by atoms with Crippen molar-refractivity contribution in [3.8, 4) is 0 Å². The second kappa shape index (κ2) is 8.74. The second-order valence-electron chi connectivity index (χ2n) is 5.48.